The Balaban J connectivity index is 2.31. The summed E-state index contributed by atoms with van der Waals surface area (Å²) in [5.41, 5.74) is 5.53. The van der Waals surface area contributed by atoms with Gasteiger partial charge in [0.05, 0.1) is 11.5 Å². The van der Waals surface area contributed by atoms with Gasteiger partial charge in [-0.2, -0.15) is 0 Å². The minimum absolute atomic E-state index is 0.225. The molecule has 1 aliphatic rings. The lowest BCUT2D eigenvalue weighted by atomic mass is 10.3. The maximum Gasteiger partial charge on any atom is 0.236 e. The molecule has 0 radical (unpaired) electrons. The molecule has 0 spiro atoms. The molecule has 6 heteroatoms. The van der Waals surface area contributed by atoms with Crippen molar-refractivity contribution in [2.45, 2.75) is 13.8 Å². The minimum Gasteiger partial charge on any atom is -0.392 e. The molecule has 1 rings (SSSR count). The molecule has 0 aliphatic carbocycles. The number of rotatable bonds is 6. The highest BCUT2D eigenvalue weighted by Crippen LogP contribution is 2.02. The average molecular weight is 272 g/mol. The number of nitrogens with two attached hydrogens (primary N) is 1. The van der Waals surface area contributed by atoms with Crippen molar-refractivity contribution in [1.82, 2.24) is 14.7 Å². The molecular formula is C12H24N4OS. The monoisotopic (exact) mass is 272 g/mol. The molecule has 0 aromatic carbocycles. The van der Waals surface area contributed by atoms with Crippen molar-refractivity contribution in [2.24, 2.45) is 5.73 Å². The fraction of sp³-hybridized carbons (Fsp3) is 0.833. The fourth-order valence-corrected chi connectivity index (χ4v) is 2.38. The SMILES string of the molecule is CCN(CC)C(=O)CN1CCN(CC(N)=S)CC1. The first kappa shape index (κ1) is 15.3. The number of hydrogen-bond acceptors (Lipinski definition) is 4. The van der Waals surface area contributed by atoms with Crippen LogP contribution in [0.1, 0.15) is 13.8 Å². The van der Waals surface area contributed by atoms with Gasteiger partial charge in [0.25, 0.3) is 0 Å². The first-order valence-electron chi connectivity index (χ1n) is 6.57. The largest absolute Gasteiger partial charge is 0.392 e. The number of likely N-dealkylation sites (N-methyl/N-ethyl adjacent to an activating group) is 1. The Morgan fingerprint density at radius 2 is 1.56 bits per heavy atom. The lowest BCUT2D eigenvalue weighted by Crippen LogP contribution is -2.51. The summed E-state index contributed by atoms with van der Waals surface area (Å²) in [5.74, 6) is 0.225. The van der Waals surface area contributed by atoms with Crippen LogP contribution in [-0.4, -0.2) is 78.0 Å². The molecule has 5 nitrogen and oxygen atoms in total. The maximum absolute atomic E-state index is 12.0. The summed E-state index contributed by atoms with van der Waals surface area (Å²) < 4.78 is 0. The molecule has 0 aromatic rings. The zero-order chi connectivity index (χ0) is 13.5. The first-order valence-corrected chi connectivity index (χ1v) is 6.98. The van der Waals surface area contributed by atoms with Crippen LogP contribution in [0.15, 0.2) is 0 Å². The molecule has 2 N–H and O–H groups in total. The van der Waals surface area contributed by atoms with Crippen LogP contribution in [0.25, 0.3) is 0 Å². The van der Waals surface area contributed by atoms with Crippen molar-refractivity contribution >= 4 is 23.1 Å². The third kappa shape index (κ3) is 4.88. The molecule has 0 saturated carbocycles. The number of amides is 1. The van der Waals surface area contributed by atoms with Crippen molar-refractivity contribution < 1.29 is 4.79 Å². The number of carbonyl (C=O) groups is 1. The van der Waals surface area contributed by atoms with Crippen molar-refractivity contribution in [1.29, 1.82) is 0 Å². The number of carbonyl (C=O) groups excluding carboxylic acids is 1. The van der Waals surface area contributed by atoms with Crippen molar-refractivity contribution in [3.05, 3.63) is 0 Å². The third-order valence-electron chi connectivity index (χ3n) is 3.32. The van der Waals surface area contributed by atoms with Crippen LogP contribution in [0.2, 0.25) is 0 Å². The van der Waals surface area contributed by atoms with Gasteiger partial charge in [-0.1, -0.05) is 12.2 Å². The smallest absolute Gasteiger partial charge is 0.236 e. The van der Waals surface area contributed by atoms with E-state index in [1.54, 1.807) is 0 Å². The van der Waals surface area contributed by atoms with E-state index in [-0.39, 0.29) is 5.91 Å². The molecule has 0 atom stereocenters. The molecule has 1 heterocycles. The van der Waals surface area contributed by atoms with E-state index in [2.05, 4.69) is 9.80 Å². The summed E-state index contributed by atoms with van der Waals surface area (Å²) in [6, 6.07) is 0. The van der Waals surface area contributed by atoms with Gasteiger partial charge >= 0.3 is 0 Å². The number of piperazine rings is 1. The van der Waals surface area contributed by atoms with Crippen LogP contribution in [0.3, 0.4) is 0 Å². The molecular weight excluding hydrogens is 248 g/mol. The molecule has 0 unspecified atom stereocenters. The number of hydrogen-bond donors (Lipinski definition) is 1. The summed E-state index contributed by atoms with van der Waals surface area (Å²) in [5, 5.41) is 0. The Morgan fingerprint density at radius 1 is 1.11 bits per heavy atom. The summed E-state index contributed by atoms with van der Waals surface area (Å²) in [6.45, 7) is 10.5. The van der Waals surface area contributed by atoms with E-state index in [1.807, 2.05) is 18.7 Å². The second-order valence-corrected chi connectivity index (χ2v) is 5.11. The Kier molecular flexibility index (Phi) is 6.52. The van der Waals surface area contributed by atoms with Gasteiger partial charge in [0, 0.05) is 45.8 Å². The molecule has 1 aliphatic heterocycles. The highest BCUT2D eigenvalue weighted by Gasteiger charge is 2.20. The van der Waals surface area contributed by atoms with Gasteiger partial charge in [0.2, 0.25) is 5.91 Å². The molecule has 18 heavy (non-hydrogen) atoms. The van der Waals surface area contributed by atoms with Crippen molar-refractivity contribution in [3.8, 4) is 0 Å². The Labute approximate surface area is 115 Å². The molecule has 0 bridgehead atoms. The average Bonchev–Trinajstić information content (AvgIpc) is 2.32. The van der Waals surface area contributed by atoms with E-state index >= 15 is 0 Å². The van der Waals surface area contributed by atoms with E-state index < -0.39 is 0 Å². The van der Waals surface area contributed by atoms with Gasteiger partial charge in [0.15, 0.2) is 0 Å². The number of thiocarbonyl (C=S) groups is 1. The molecule has 104 valence electrons. The molecule has 0 aromatic heterocycles. The highest BCUT2D eigenvalue weighted by atomic mass is 32.1. The summed E-state index contributed by atoms with van der Waals surface area (Å²) in [7, 11) is 0. The third-order valence-corrected chi connectivity index (χ3v) is 3.45. The van der Waals surface area contributed by atoms with Crippen LogP contribution in [-0.2, 0) is 4.79 Å². The van der Waals surface area contributed by atoms with Crippen molar-refractivity contribution in [3.63, 3.8) is 0 Å². The fourth-order valence-electron chi connectivity index (χ4n) is 2.19. The van der Waals surface area contributed by atoms with Crippen LogP contribution in [0, 0.1) is 0 Å². The second kappa shape index (κ2) is 7.66. The summed E-state index contributed by atoms with van der Waals surface area (Å²) in [6.07, 6.45) is 0. The predicted molar refractivity (Wildman–Crippen MR) is 77.6 cm³/mol. The van der Waals surface area contributed by atoms with Gasteiger partial charge in [-0.05, 0) is 13.8 Å². The van der Waals surface area contributed by atoms with Crippen LogP contribution >= 0.6 is 12.2 Å². The number of nitrogens with zero attached hydrogens (tertiary/aromatic N) is 3. The van der Waals surface area contributed by atoms with E-state index in [4.69, 9.17) is 18.0 Å². The zero-order valence-electron chi connectivity index (χ0n) is 11.4. The van der Waals surface area contributed by atoms with E-state index in [0.29, 0.717) is 18.1 Å². The first-order chi connectivity index (χ1) is 8.56. The van der Waals surface area contributed by atoms with Crippen LogP contribution < -0.4 is 5.73 Å². The van der Waals surface area contributed by atoms with Gasteiger partial charge in [0.1, 0.15) is 0 Å². The maximum atomic E-state index is 12.0. The zero-order valence-corrected chi connectivity index (χ0v) is 12.2. The lowest BCUT2D eigenvalue weighted by Gasteiger charge is -2.34. The highest BCUT2D eigenvalue weighted by molar-refractivity contribution is 7.80. The quantitative estimate of drug-likeness (QED) is 0.676. The normalized spacial score (nSPS) is 17.7. The van der Waals surface area contributed by atoms with Gasteiger partial charge in [-0.15, -0.1) is 0 Å². The molecule has 1 fully saturated rings. The van der Waals surface area contributed by atoms with Gasteiger partial charge in [-0.25, -0.2) is 0 Å². The van der Waals surface area contributed by atoms with Gasteiger partial charge < -0.3 is 10.6 Å². The Hall–Kier alpha value is -0.720. The Bertz CT molecular complexity index is 286. The standard InChI is InChI=1S/C12H24N4OS/c1-3-16(4-2)12(17)10-15-7-5-14(6-8-15)9-11(13)18/h3-10H2,1-2H3,(H2,13,18). The summed E-state index contributed by atoms with van der Waals surface area (Å²) >= 11 is 4.90. The topological polar surface area (TPSA) is 52.8 Å². The second-order valence-electron chi connectivity index (χ2n) is 4.58. The lowest BCUT2D eigenvalue weighted by molar-refractivity contribution is -0.132. The van der Waals surface area contributed by atoms with E-state index in [1.165, 1.54) is 0 Å². The molecule has 1 amide bonds. The Morgan fingerprint density at radius 3 is 1.94 bits per heavy atom. The van der Waals surface area contributed by atoms with Crippen LogP contribution in [0.4, 0.5) is 0 Å². The van der Waals surface area contributed by atoms with E-state index in [0.717, 1.165) is 39.3 Å². The molecule has 1 saturated heterocycles. The minimum atomic E-state index is 0.225. The predicted octanol–water partition coefficient (Wildman–Crippen LogP) is -0.241. The van der Waals surface area contributed by atoms with Crippen LogP contribution in [0.5, 0.6) is 0 Å². The van der Waals surface area contributed by atoms with Gasteiger partial charge in [-0.3, -0.25) is 14.6 Å². The van der Waals surface area contributed by atoms with E-state index in [9.17, 15) is 4.79 Å². The summed E-state index contributed by atoms with van der Waals surface area (Å²) in [4.78, 5) is 18.8. The van der Waals surface area contributed by atoms with Crippen molar-refractivity contribution in [2.75, 3.05) is 52.4 Å².